The van der Waals surface area contributed by atoms with E-state index in [9.17, 15) is 14.0 Å². The molecule has 116 valence electrons. The Bertz CT molecular complexity index is 703. The molecule has 0 amide bonds. The Morgan fingerprint density at radius 2 is 2.05 bits per heavy atom. The summed E-state index contributed by atoms with van der Waals surface area (Å²) in [6, 6.07) is 3.76. The van der Waals surface area contributed by atoms with Crippen molar-refractivity contribution in [1.29, 1.82) is 0 Å². The molecule has 0 saturated carbocycles. The number of halogens is 1. The van der Waals surface area contributed by atoms with E-state index in [0.717, 1.165) is 6.07 Å². The Kier molecular flexibility index (Phi) is 4.55. The zero-order valence-corrected chi connectivity index (χ0v) is 12.3. The van der Waals surface area contributed by atoms with E-state index in [-0.39, 0.29) is 16.9 Å². The van der Waals surface area contributed by atoms with E-state index in [2.05, 4.69) is 5.16 Å². The van der Waals surface area contributed by atoms with Crippen molar-refractivity contribution >= 4 is 11.8 Å². The molecule has 0 fully saturated rings. The van der Waals surface area contributed by atoms with Gasteiger partial charge in [0.2, 0.25) is 0 Å². The van der Waals surface area contributed by atoms with Gasteiger partial charge in [-0.2, -0.15) is 0 Å². The molecule has 7 heteroatoms. The molecule has 2 rings (SSSR count). The number of ketones is 1. The Labute approximate surface area is 125 Å². The average Bonchev–Trinajstić information content (AvgIpc) is 2.83. The quantitative estimate of drug-likeness (QED) is 0.624. The summed E-state index contributed by atoms with van der Waals surface area (Å²) in [6.07, 6.45) is 0. The van der Waals surface area contributed by atoms with Crippen molar-refractivity contribution in [2.45, 2.75) is 13.8 Å². The number of benzene rings is 1. The summed E-state index contributed by atoms with van der Waals surface area (Å²) in [5, 5.41) is 3.63. The van der Waals surface area contributed by atoms with E-state index in [0.29, 0.717) is 11.5 Å². The fraction of sp³-hybridized carbons (Fsp3) is 0.267. The molecule has 0 atom stereocenters. The van der Waals surface area contributed by atoms with Gasteiger partial charge in [0, 0.05) is 5.56 Å². The van der Waals surface area contributed by atoms with Gasteiger partial charge in [0.1, 0.15) is 11.3 Å². The summed E-state index contributed by atoms with van der Waals surface area (Å²) in [5.74, 6) is -1.56. The first-order valence-electron chi connectivity index (χ1n) is 6.40. The molecular formula is C15H14FNO5. The highest BCUT2D eigenvalue weighted by atomic mass is 19.1. The fourth-order valence-corrected chi connectivity index (χ4v) is 1.90. The highest BCUT2D eigenvalue weighted by Crippen LogP contribution is 2.18. The summed E-state index contributed by atoms with van der Waals surface area (Å²) in [4.78, 5) is 23.8. The molecule has 0 radical (unpaired) electrons. The molecule has 22 heavy (non-hydrogen) atoms. The monoisotopic (exact) mass is 307 g/mol. The zero-order chi connectivity index (χ0) is 16.3. The molecule has 0 saturated heterocycles. The van der Waals surface area contributed by atoms with Crippen molar-refractivity contribution in [2.24, 2.45) is 0 Å². The van der Waals surface area contributed by atoms with Crippen molar-refractivity contribution in [3.63, 3.8) is 0 Å². The second-order valence-electron chi connectivity index (χ2n) is 4.55. The van der Waals surface area contributed by atoms with Gasteiger partial charge in [0.15, 0.2) is 24.0 Å². The van der Waals surface area contributed by atoms with Gasteiger partial charge < -0.3 is 14.0 Å². The number of carbonyl (C=O) groups excluding carboxylic acids is 2. The van der Waals surface area contributed by atoms with E-state index in [1.165, 1.54) is 19.2 Å². The summed E-state index contributed by atoms with van der Waals surface area (Å²) in [7, 11) is 1.32. The Hall–Kier alpha value is -2.70. The molecule has 0 aliphatic rings. The number of rotatable bonds is 5. The molecule has 1 aromatic carbocycles. The van der Waals surface area contributed by atoms with E-state index >= 15 is 0 Å². The number of aromatic nitrogens is 1. The van der Waals surface area contributed by atoms with Gasteiger partial charge in [-0.15, -0.1) is 0 Å². The predicted octanol–water partition coefficient (Wildman–Crippen LogP) is 2.48. The third kappa shape index (κ3) is 3.13. The van der Waals surface area contributed by atoms with Gasteiger partial charge in [-0.1, -0.05) is 5.16 Å². The minimum Gasteiger partial charge on any atom is -0.494 e. The topological polar surface area (TPSA) is 78.6 Å². The van der Waals surface area contributed by atoms with E-state index in [1.54, 1.807) is 13.8 Å². The Morgan fingerprint density at radius 3 is 2.59 bits per heavy atom. The molecule has 6 nitrogen and oxygen atoms in total. The average molecular weight is 307 g/mol. The number of carbonyl (C=O) groups is 2. The van der Waals surface area contributed by atoms with Crippen molar-refractivity contribution in [3.8, 4) is 5.75 Å². The first-order valence-corrected chi connectivity index (χ1v) is 6.40. The van der Waals surface area contributed by atoms with Gasteiger partial charge in [0.05, 0.1) is 12.8 Å². The van der Waals surface area contributed by atoms with Crippen LogP contribution in [0.2, 0.25) is 0 Å². The van der Waals surface area contributed by atoms with Crippen LogP contribution in [0.25, 0.3) is 0 Å². The third-order valence-electron chi connectivity index (χ3n) is 3.05. The normalized spacial score (nSPS) is 10.4. The lowest BCUT2D eigenvalue weighted by Gasteiger charge is -2.06. The van der Waals surface area contributed by atoms with Gasteiger partial charge in [-0.25, -0.2) is 9.18 Å². The van der Waals surface area contributed by atoms with Crippen LogP contribution in [0.1, 0.15) is 32.2 Å². The molecule has 0 aliphatic carbocycles. The molecule has 0 spiro atoms. The second kappa shape index (κ2) is 6.38. The summed E-state index contributed by atoms with van der Waals surface area (Å²) < 4.78 is 28.1. The molecule has 1 aromatic heterocycles. The number of hydrogen-bond acceptors (Lipinski definition) is 6. The first kappa shape index (κ1) is 15.7. The van der Waals surface area contributed by atoms with Gasteiger partial charge in [-0.3, -0.25) is 4.79 Å². The summed E-state index contributed by atoms with van der Waals surface area (Å²) >= 11 is 0. The molecule has 1 heterocycles. The lowest BCUT2D eigenvalue weighted by Crippen LogP contribution is -2.15. The number of hydrogen-bond donors (Lipinski definition) is 0. The van der Waals surface area contributed by atoms with Crippen LogP contribution in [0.15, 0.2) is 22.7 Å². The van der Waals surface area contributed by atoms with E-state index in [1.807, 2.05) is 0 Å². The summed E-state index contributed by atoms with van der Waals surface area (Å²) in [6.45, 7) is 2.65. The highest BCUT2D eigenvalue weighted by molar-refractivity contribution is 5.99. The van der Waals surface area contributed by atoms with Crippen molar-refractivity contribution in [3.05, 3.63) is 46.6 Å². The van der Waals surface area contributed by atoms with Crippen LogP contribution in [0.5, 0.6) is 5.75 Å². The van der Waals surface area contributed by atoms with Crippen LogP contribution in [0.4, 0.5) is 4.39 Å². The maximum Gasteiger partial charge on any atom is 0.344 e. The third-order valence-corrected chi connectivity index (χ3v) is 3.05. The molecule has 0 N–H and O–H groups in total. The number of esters is 1. The van der Waals surface area contributed by atoms with Crippen LogP contribution in [-0.2, 0) is 4.74 Å². The largest absolute Gasteiger partial charge is 0.494 e. The lowest BCUT2D eigenvalue weighted by molar-refractivity contribution is 0.0472. The maximum absolute atomic E-state index is 13.5. The van der Waals surface area contributed by atoms with Crippen molar-refractivity contribution < 1.29 is 28.0 Å². The van der Waals surface area contributed by atoms with Crippen molar-refractivity contribution in [1.82, 2.24) is 5.16 Å². The standard InChI is InChI=1S/C15H14FNO5/c1-8-14(9(2)22-17-8)15(19)21-7-12(18)10-4-5-13(20-3)11(16)6-10/h4-6H,7H2,1-3H3. The summed E-state index contributed by atoms with van der Waals surface area (Å²) in [5.41, 5.74) is 0.656. The number of nitrogens with zero attached hydrogens (tertiary/aromatic N) is 1. The fourth-order valence-electron chi connectivity index (χ4n) is 1.90. The molecule has 0 bridgehead atoms. The SMILES string of the molecule is COc1ccc(C(=O)COC(=O)c2c(C)noc2C)cc1F. The number of methoxy groups -OCH3 is 1. The predicted molar refractivity (Wildman–Crippen MR) is 73.5 cm³/mol. The van der Waals surface area contributed by atoms with Crippen LogP contribution in [0.3, 0.4) is 0 Å². The maximum atomic E-state index is 13.5. The lowest BCUT2D eigenvalue weighted by atomic mass is 10.1. The highest BCUT2D eigenvalue weighted by Gasteiger charge is 2.20. The van der Waals surface area contributed by atoms with Crippen LogP contribution in [0, 0.1) is 19.7 Å². The smallest absolute Gasteiger partial charge is 0.344 e. The van der Waals surface area contributed by atoms with Crippen LogP contribution >= 0.6 is 0 Å². The number of aryl methyl sites for hydroxylation is 2. The zero-order valence-electron chi connectivity index (χ0n) is 12.3. The van der Waals surface area contributed by atoms with Gasteiger partial charge in [0.25, 0.3) is 0 Å². The van der Waals surface area contributed by atoms with Gasteiger partial charge >= 0.3 is 5.97 Å². The Balaban J connectivity index is 2.04. The number of ether oxygens (including phenoxy) is 2. The number of Topliss-reactive ketones (excluding diaryl/α,β-unsaturated/α-hetero) is 1. The van der Waals surface area contributed by atoms with Crippen molar-refractivity contribution in [2.75, 3.05) is 13.7 Å². The van der Waals surface area contributed by atoms with Gasteiger partial charge in [-0.05, 0) is 32.0 Å². The van der Waals surface area contributed by atoms with E-state index in [4.69, 9.17) is 14.0 Å². The minimum atomic E-state index is -0.710. The minimum absolute atomic E-state index is 0.0317. The molecule has 0 aliphatic heterocycles. The second-order valence-corrected chi connectivity index (χ2v) is 4.55. The van der Waals surface area contributed by atoms with E-state index < -0.39 is 24.2 Å². The van der Waals surface area contributed by atoms with Crippen LogP contribution in [-0.4, -0.2) is 30.6 Å². The van der Waals surface area contributed by atoms with Crippen LogP contribution < -0.4 is 4.74 Å². The molecular weight excluding hydrogens is 293 g/mol. The Morgan fingerprint density at radius 1 is 1.32 bits per heavy atom. The molecule has 2 aromatic rings. The first-order chi connectivity index (χ1) is 10.4. The molecule has 0 unspecified atom stereocenters.